The Kier molecular flexibility index (Phi) is 4.47. The predicted molar refractivity (Wildman–Crippen MR) is 83.3 cm³/mol. The summed E-state index contributed by atoms with van der Waals surface area (Å²) in [7, 11) is 3.30. The summed E-state index contributed by atoms with van der Waals surface area (Å²) >= 11 is 0. The summed E-state index contributed by atoms with van der Waals surface area (Å²) in [6.07, 6.45) is 3.95. The van der Waals surface area contributed by atoms with Gasteiger partial charge in [-0.3, -0.25) is 0 Å². The molecule has 0 fully saturated rings. The minimum absolute atomic E-state index is 0.117. The van der Waals surface area contributed by atoms with Gasteiger partial charge in [-0.05, 0) is 39.8 Å². The molecule has 1 aromatic rings. The summed E-state index contributed by atoms with van der Waals surface area (Å²) in [5.41, 5.74) is 1.50. The molecule has 116 valence electrons. The smallest absolute Gasteiger partial charge is 0.139 e. The van der Waals surface area contributed by atoms with Crippen molar-refractivity contribution >= 4 is 6.08 Å². The molecular weight excluding hydrogens is 268 g/mol. The second-order valence-electron chi connectivity index (χ2n) is 5.57. The lowest BCUT2D eigenvalue weighted by Gasteiger charge is -2.30. The molecule has 0 amide bonds. The van der Waals surface area contributed by atoms with Gasteiger partial charge in [-0.15, -0.1) is 0 Å². The number of fused-ring (bicyclic) bond motifs is 1. The molecular formula is C17H24O4. The van der Waals surface area contributed by atoms with E-state index in [0.717, 1.165) is 28.4 Å². The second-order valence-corrected chi connectivity index (χ2v) is 5.57. The molecule has 1 aliphatic heterocycles. The number of benzene rings is 1. The Morgan fingerprint density at radius 1 is 1.24 bits per heavy atom. The lowest BCUT2D eigenvalue weighted by Crippen LogP contribution is -2.27. The molecule has 1 atom stereocenters. The highest BCUT2D eigenvalue weighted by atomic mass is 16.5. The largest absolute Gasteiger partial charge is 0.496 e. The summed E-state index contributed by atoms with van der Waals surface area (Å²) < 4.78 is 22.9. The van der Waals surface area contributed by atoms with Crippen LogP contribution in [0, 0.1) is 0 Å². The number of hydrogen-bond acceptors (Lipinski definition) is 4. The first-order valence-electron chi connectivity index (χ1n) is 7.22. The quantitative estimate of drug-likeness (QED) is 0.822. The third-order valence-electron chi connectivity index (χ3n) is 3.55. The van der Waals surface area contributed by atoms with Crippen LogP contribution >= 0.6 is 0 Å². The van der Waals surface area contributed by atoms with Gasteiger partial charge in [0.2, 0.25) is 0 Å². The summed E-state index contributed by atoms with van der Waals surface area (Å²) in [6.45, 7) is 8.63. The van der Waals surface area contributed by atoms with Crippen molar-refractivity contribution in [2.45, 2.75) is 39.4 Å². The molecule has 0 radical (unpaired) electrons. The van der Waals surface area contributed by atoms with Crippen LogP contribution in [0.2, 0.25) is 0 Å². The van der Waals surface area contributed by atoms with Gasteiger partial charge in [-0.25, -0.2) is 0 Å². The molecule has 0 N–H and O–H groups in total. The first kappa shape index (κ1) is 15.7. The average molecular weight is 292 g/mol. The molecule has 1 heterocycles. The number of ether oxygens (including phenoxy) is 4. The molecule has 1 aliphatic rings. The minimum atomic E-state index is -0.337. The fourth-order valence-electron chi connectivity index (χ4n) is 2.59. The fraction of sp³-hybridized carbons (Fsp3) is 0.529. The van der Waals surface area contributed by atoms with Crippen LogP contribution in [-0.4, -0.2) is 26.4 Å². The normalized spacial score (nSPS) is 16.9. The maximum absolute atomic E-state index is 6.01. The fourth-order valence-corrected chi connectivity index (χ4v) is 2.59. The third-order valence-corrected chi connectivity index (χ3v) is 3.55. The van der Waals surface area contributed by atoms with Gasteiger partial charge in [0.05, 0.1) is 31.5 Å². The van der Waals surface area contributed by atoms with Gasteiger partial charge in [0.1, 0.15) is 22.8 Å². The van der Waals surface area contributed by atoms with Crippen LogP contribution < -0.4 is 14.2 Å². The van der Waals surface area contributed by atoms with E-state index in [0.29, 0.717) is 6.61 Å². The molecule has 0 bridgehead atoms. The Labute approximate surface area is 126 Å². The van der Waals surface area contributed by atoms with E-state index in [1.807, 2.05) is 45.9 Å². The molecule has 0 saturated heterocycles. The van der Waals surface area contributed by atoms with E-state index in [4.69, 9.17) is 18.9 Å². The minimum Gasteiger partial charge on any atom is -0.496 e. The summed E-state index contributed by atoms with van der Waals surface area (Å²) in [5, 5.41) is 0. The van der Waals surface area contributed by atoms with Crippen molar-refractivity contribution in [3.8, 4) is 17.2 Å². The highest BCUT2D eigenvalue weighted by molar-refractivity contribution is 5.72. The third kappa shape index (κ3) is 3.00. The SMILES string of the molecule is CCO[C@H](C)c1c(OC)cc2c(c1OC)C=CC(C)(C)O2. The van der Waals surface area contributed by atoms with Crippen LogP contribution in [0.5, 0.6) is 17.2 Å². The Morgan fingerprint density at radius 2 is 1.95 bits per heavy atom. The first-order chi connectivity index (χ1) is 9.93. The molecule has 4 heteroatoms. The number of rotatable bonds is 5. The maximum Gasteiger partial charge on any atom is 0.139 e. The van der Waals surface area contributed by atoms with E-state index in [-0.39, 0.29) is 11.7 Å². The monoisotopic (exact) mass is 292 g/mol. The van der Waals surface area contributed by atoms with Gasteiger partial charge in [-0.2, -0.15) is 0 Å². The summed E-state index contributed by atoms with van der Waals surface area (Å²) in [4.78, 5) is 0. The Bertz CT molecular complexity index is 546. The van der Waals surface area contributed by atoms with Gasteiger partial charge in [0.25, 0.3) is 0 Å². The molecule has 0 unspecified atom stereocenters. The highest BCUT2D eigenvalue weighted by Crippen LogP contribution is 2.46. The van der Waals surface area contributed by atoms with Gasteiger partial charge in [-0.1, -0.05) is 0 Å². The average Bonchev–Trinajstić information content (AvgIpc) is 2.44. The lowest BCUT2D eigenvalue weighted by atomic mass is 9.97. The molecule has 4 nitrogen and oxygen atoms in total. The van der Waals surface area contributed by atoms with Crippen LogP contribution in [0.25, 0.3) is 6.08 Å². The molecule has 2 rings (SSSR count). The molecule has 21 heavy (non-hydrogen) atoms. The number of hydrogen-bond donors (Lipinski definition) is 0. The highest BCUT2D eigenvalue weighted by Gasteiger charge is 2.29. The van der Waals surface area contributed by atoms with E-state index in [1.54, 1.807) is 14.2 Å². The standard InChI is InChI=1S/C17H24O4/c1-7-20-11(2)15-14(18-5)10-13-12(16(15)19-6)8-9-17(3,4)21-13/h8-11H,7H2,1-6H3/t11-/m1/s1. The van der Waals surface area contributed by atoms with E-state index >= 15 is 0 Å². The molecule has 0 aliphatic carbocycles. The van der Waals surface area contributed by atoms with Gasteiger partial charge >= 0.3 is 0 Å². The van der Waals surface area contributed by atoms with Gasteiger partial charge < -0.3 is 18.9 Å². The van der Waals surface area contributed by atoms with Crippen LogP contribution in [0.3, 0.4) is 0 Å². The van der Waals surface area contributed by atoms with E-state index in [9.17, 15) is 0 Å². The molecule has 1 aromatic carbocycles. The van der Waals surface area contributed by atoms with Crippen molar-refractivity contribution in [2.24, 2.45) is 0 Å². The lowest BCUT2D eigenvalue weighted by molar-refractivity contribution is 0.0722. The Hall–Kier alpha value is -1.68. The van der Waals surface area contributed by atoms with Crippen molar-refractivity contribution in [1.82, 2.24) is 0 Å². The zero-order valence-electron chi connectivity index (χ0n) is 13.6. The van der Waals surface area contributed by atoms with Gasteiger partial charge in [0, 0.05) is 12.7 Å². The molecule has 0 spiro atoms. The van der Waals surface area contributed by atoms with Gasteiger partial charge in [0.15, 0.2) is 0 Å². The molecule has 0 aromatic heterocycles. The first-order valence-corrected chi connectivity index (χ1v) is 7.22. The van der Waals surface area contributed by atoms with Crippen molar-refractivity contribution in [3.05, 3.63) is 23.3 Å². The van der Waals surface area contributed by atoms with E-state index in [1.165, 1.54) is 0 Å². The van der Waals surface area contributed by atoms with Crippen molar-refractivity contribution < 1.29 is 18.9 Å². The van der Waals surface area contributed by atoms with Crippen LogP contribution in [0.15, 0.2) is 12.1 Å². The van der Waals surface area contributed by atoms with Crippen LogP contribution in [-0.2, 0) is 4.74 Å². The van der Waals surface area contributed by atoms with Crippen molar-refractivity contribution in [1.29, 1.82) is 0 Å². The van der Waals surface area contributed by atoms with E-state index in [2.05, 4.69) is 0 Å². The Balaban J connectivity index is 2.61. The van der Waals surface area contributed by atoms with E-state index < -0.39 is 0 Å². The van der Waals surface area contributed by atoms with Crippen molar-refractivity contribution in [3.63, 3.8) is 0 Å². The van der Waals surface area contributed by atoms with Crippen LogP contribution in [0.4, 0.5) is 0 Å². The zero-order chi connectivity index (χ0) is 15.6. The summed E-state index contributed by atoms with van der Waals surface area (Å²) in [6, 6.07) is 1.91. The Morgan fingerprint density at radius 3 is 2.52 bits per heavy atom. The number of methoxy groups -OCH3 is 2. The predicted octanol–water partition coefficient (Wildman–Crippen LogP) is 3.99. The molecule has 0 saturated carbocycles. The second kappa shape index (κ2) is 5.98. The van der Waals surface area contributed by atoms with Crippen LogP contribution in [0.1, 0.15) is 44.9 Å². The topological polar surface area (TPSA) is 36.9 Å². The summed E-state index contributed by atoms with van der Waals surface area (Å²) in [5.74, 6) is 2.23. The maximum atomic E-state index is 6.01. The van der Waals surface area contributed by atoms with Crippen molar-refractivity contribution in [2.75, 3.05) is 20.8 Å². The zero-order valence-corrected chi connectivity index (χ0v) is 13.6.